The molecule has 1 saturated carbocycles. The maximum atomic E-state index is 13.1. The summed E-state index contributed by atoms with van der Waals surface area (Å²) in [6.45, 7) is 0. The first kappa shape index (κ1) is 14.8. The van der Waals surface area contributed by atoms with Crippen molar-refractivity contribution in [3.05, 3.63) is 28.5 Å². The van der Waals surface area contributed by atoms with Crippen LogP contribution in [0.1, 0.15) is 19.3 Å². The molecule has 0 saturated heterocycles. The predicted octanol–water partition coefficient (Wildman–Crippen LogP) is 2.96. The number of carbonyl (C=O) groups excluding carboxylic acids is 1. The van der Waals surface area contributed by atoms with Gasteiger partial charge in [-0.1, -0.05) is 0 Å². The number of aliphatic carboxylic acids is 1. The molecule has 2 rings (SSSR count). The van der Waals surface area contributed by atoms with Gasteiger partial charge in [-0.2, -0.15) is 0 Å². The van der Waals surface area contributed by atoms with Crippen LogP contribution in [0.25, 0.3) is 0 Å². The minimum absolute atomic E-state index is 0.139. The van der Waals surface area contributed by atoms with E-state index in [4.69, 9.17) is 5.11 Å². The van der Waals surface area contributed by atoms with Gasteiger partial charge in [-0.05, 0) is 53.4 Å². The third-order valence-electron chi connectivity index (χ3n) is 3.29. The fourth-order valence-corrected chi connectivity index (χ4v) is 2.64. The number of amides is 2. The Kier molecular flexibility index (Phi) is 4.59. The minimum atomic E-state index is -0.822. The molecule has 108 valence electrons. The topological polar surface area (TPSA) is 78.4 Å². The molecule has 1 aliphatic carbocycles. The molecule has 5 nitrogen and oxygen atoms in total. The zero-order valence-electron chi connectivity index (χ0n) is 10.5. The summed E-state index contributed by atoms with van der Waals surface area (Å²) in [6, 6.07) is 3.60. The molecule has 2 amide bonds. The Bertz CT molecular complexity index is 538. The molecular weight excluding hydrogens is 331 g/mol. The van der Waals surface area contributed by atoms with Crippen LogP contribution in [0, 0.1) is 11.7 Å². The highest BCUT2D eigenvalue weighted by Gasteiger charge is 2.30. The summed E-state index contributed by atoms with van der Waals surface area (Å²) < 4.78 is 13.3. The number of hydrogen-bond acceptors (Lipinski definition) is 2. The molecule has 2 unspecified atom stereocenters. The lowest BCUT2D eigenvalue weighted by molar-refractivity contribution is -0.141. The number of carboxylic acids is 1. The molecule has 20 heavy (non-hydrogen) atoms. The first-order valence-electron chi connectivity index (χ1n) is 6.21. The highest BCUT2D eigenvalue weighted by Crippen LogP contribution is 2.26. The molecule has 3 N–H and O–H groups in total. The lowest BCUT2D eigenvalue weighted by Crippen LogP contribution is -2.36. The van der Waals surface area contributed by atoms with Crippen LogP contribution in [0.3, 0.4) is 0 Å². The zero-order valence-corrected chi connectivity index (χ0v) is 12.1. The number of benzene rings is 1. The molecule has 1 aromatic rings. The molecule has 0 aliphatic heterocycles. The normalized spacial score (nSPS) is 21.5. The first-order valence-corrected chi connectivity index (χ1v) is 7.00. The van der Waals surface area contributed by atoms with E-state index in [-0.39, 0.29) is 16.4 Å². The van der Waals surface area contributed by atoms with Crippen LogP contribution in [0.15, 0.2) is 22.7 Å². The van der Waals surface area contributed by atoms with Crippen LogP contribution in [0.5, 0.6) is 0 Å². The number of carbonyl (C=O) groups is 2. The maximum Gasteiger partial charge on any atom is 0.319 e. The molecule has 0 heterocycles. The standard InChI is InChI=1S/C13H14BrFN2O3/c14-10-6-9(3-4-11(10)15)17-13(20)16-8-2-1-7(5-8)12(18)19/h3-4,6-8H,1-2,5H2,(H,18,19)(H2,16,17,20). The Labute approximate surface area is 123 Å². The largest absolute Gasteiger partial charge is 0.481 e. The van der Waals surface area contributed by atoms with Crippen molar-refractivity contribution in [2.75, 3.05) is 5.32 Å². The van der Waals surface area contributed by atoms with Gasteiger partial charge in [0.1, 0.15) is 5.82 Å². The second-order valence-electron chi connectivity index (χ2n) is 4.77. The quantitative estimate of drug-likeness (QED) is 0.788. The first-order chi connectivity index (χ1) is 9.45. The van der Waals surface area contributed by atoms with Gasteiger partial charge in [-0.3, -0.25) is 4.79 Å². The molecule has 0 aromatic heterocycles. The van der Waals surface area contributed by atoms with Crippen LogP contribution in [0.4, 0.5) is 14.9 Å². The van der Waals surface area contributed by atoms with Gasteiger partial charge in [-0.25, -0.2) is 9.18 Å². The monoisotopic (exact) mass is 344 g/mol. The predicted molar refractivity (Wildman–Crippen MR) is 75.0 cm³/mol. The second-order valence-corrected chi connectivity index (χ2v) is 5.63. The molecular formula is C13H14BrFN2O3. The number of hydrogen-bond donors (Lipinski definition) is 3. The summed E-state index contributed by atoms with van der Waals surface area (Å²) in [5.41, 5.74) is 0.462. The third-order valence-corrected chi connectivity index (χ3v) is 3.90. The van der Waals surface area contributed by atoms with Gasteiger partial charge in [0.25, 0.3) is 0 Å². The summed E-state index contributed by atoms with van der Waals surface area (Å²) in [7, 11) is 0. The Balaban J connectivity index is 1.87. The van der Waals surface area contributed by atoms with Crippen LogP contribution in [-0.2, 0) is 4.79 Å². The molecule has 0 bridgehead atoms. The SMILES string of the molecule is O=C(Nc1ccc(F)c(Br)c1)NC1CCC(C(=O)O)C1. The van der Waals surface area contributed by atoms with E-state index in [1.165, 1.54) is 18.2 Å². The Morgan fingerprint density at radius 3 is 2.70 bits per heavy atom. The summed E-state index contributed by atoms with van der Waals surface area (Å²) in [6.07, 6.45) is 1.66. The highest BCUT2D eigenvalue weighted by molar-refractivity contribution is 9.10. The molecule has 1 aliphatic rings. The van der Waals surface area contributed by atoms with Gasteiger partial charge in [0.05, 0.1) is 10.4 Å². The summed E-state index contributed by atoms with van der Waals surface area (Å²) in [5, 5.41) is 14.2. The van der Waals surface area contributed by atoms with E-state index in [1.807, 2.05) is 0 Å². The number of nitrogens with one attached hydrogen (secondary N) is 2. The van der Waals surface area contributed by atoms with E-state index in [9.17, 15) is 14.0 Å². The molecule has 2 atom stereocenters. The average Bonchev–Trinajstić information content (AvgIpc) is 2.82. The molecule has 1 fully saturated rings. The van der Waals surface area contributed by atoms with Crippen molar-refractivity contribution in [1.29, 1.82) is 0 Å². The van der Waals surface area contributed by atoms with Crippen LogP contribution >= 0.6 is 15.9 Å². The van der Waals surface area contributed by atoms with Crippen molar-refractivity contribution in [3.63, 3.8) is 0 Å². The van der Waals surface area contributed by atoms with Crippen LogP contribution in [0.2, 0.25) is 0 Å². The van der Waals surface area contributed by atoms with Crippen LogP contribution in [-0.4, -0.2) is 23.1 Å². The zero-order chi connectivity index (χ0) is 14.7. The molecule has 7 heteroatoms. The van der Waals surface area contributed by atoms with E-state index in [0.29, 0.717) is 24.9 Å². The van der Waals surface area contributed by atoms with Crippen molar-refractivity contribution in [1.82, 2.24) is 5.32 Å². The minimum Gasteiger partial charge on any atom is -0.481 e. The van der Waals surface area contributed by atoms with E-state index in [1.54, 1.807) is 0 Å². The highest BCUT2D eigenvalue weighted by atomic mass is 79.9. The van der Waals surface area contributed by atoms with Gasteiger partial charge in [0.2, 0.25) is 0 Å². The lowest BCUT2D eigenvalue weighted by atomic mass is 10.1. The van der Waals surface area contributed by atoms with Crippen molar-refractivity contribution >= 4 is 33.6 Å². The fourth-order valence-electron chi connectivity index (χ4n) is 2.26. The van der Waals surface area contributed by atoms with Gasteiger partial charge < -0.3 is 15.7 Å². The van der Waals surface area contributed by atoms with Gasteiger partial charge in [0.15, 0.2) is 0 Å². The number of rotatable bonds is 3. The smallest absolute Gasteiger partial charge is 0.319 e. The van der Waals surface area contributed by atoms with Gasteiger partial charge in [0, 0.05) is 11.7 Å². The van der Waals surface area contributed by atoms with Crippen molar-refractivity contribution in [2.45, 2.75) is 25.3 Å². The Hall–Kier alpha value is -1.63. The summed E-state index contributed by atoms with van der Waals surface area (Å²) >= 11 is 3.04. The van der Waals surface area contributed by atoms with Crippen LogP contribution < -0.4 is 10.6 Å². The van der Waals surface area contributed by atoms with E-state index < -0.39 is 17.8 Å². The molecule has 1 aromatic carbocycles. The van der Waals surface area contributed by atoms with E-state index in [2.05, 4.69) is 26.6 Å². The number of urea groups is 1. The summed E-state index contributed by atoms with van der Waals surface area (Å²) in [4.78, 5) is 22.6. The average molecular weight is 345 g/mol. The Morgan fingerprint density at radius 1 is 1.35 bits per heavy atom. The Morgan fingerprint density at radius 2 is 2.10 bits per heavy atom. The third kappa shape index (κ3) is 3.69. The van der Waals surface area contributed by atoms with Gasteiger partial charge in [-0.15, -0.1) is 0 Å². The fraction of sp³-hybridized carbons (Fsp3) is 0.385. The van der Waals surface area contributed by atoms with E-state index >= 15 is 0 Å². The maximum absolute atomic E-state index is 13.1. The van der Waals surface area contributed by atoms with E-state index in [0.717, 1.165) is 0 Å². The van der Waals surface area contributed by atoms with Gasteiger partial charge >= 0.3 is 12.0 Å². The molecule has 0 radical (unpaired) electrons. The number of halogens is 2. The second kappa shape index (κ2) is 6.21. The lowest BCUT2D eigenvalue weighted by Gasteiger charge is -2.13. The van der Waals surface area contributed by atoms with Crippen molar-refractivity contribution in [2.24, 2.45) is 5.92 Å². The summed E-state index contributed by atoms with van der Waals surface area (Å²) in [5.74, 6) is -1.62. The van der Waals surface area contributed by atoms with Crippen molar-refractivity contribution in [3.8, 4) is 0 Å². The van der Waals surface area contributed by atoms with Crippen molar-refractivity contribution < 1.29 is 19.1 Å². The molecule has 0 spiro atoms. The number of anilines is 1. The number of carboxylic acid groups (broad SMARTS) is 1.